The summed E-state index contributed by atoms with van der Waals surface area (Å²) in [5.74, 6) is 1.88. The number of furan rings is 1. The van der Waals surface area contributed by atoms with E-state index in [9.17, 15) is 5.26 Å². The Balaban J connectivity index is 1.14. The quantitative estimate of drug-likeness (QED) is 0.183. The predicted molar refractivity (Wildman–Crippen MR) is 208 cm³/mol. The van der Waals surface area contributed by atoms with E-state index >= 15 is 0 Å². The van der Waals surface area contributed by atoms with Gasteiger partial charge in [0.15, 0.2) is 17.5 Å². The number of aromatic nitrogens is 4. The molecule has 0 fully saturated rings. The average Bonchev–Trinajstić information content (AvgIpc) is 3.75. The lowest BCUT2D eigenvalue weighted by atomic mass is 9.98. The molecule has 52 heavy (non-hydrogen) atoms. The van der Waals surface area contributed by atoms with Gasteiger partial charge in [0.25, 0.3) is 0 Å². The smallest absolute Gasteiger partial charge is 0.164 e. The highest BCUT2D eigenvalue weighted by molar-refractivity contribution is 6.11. The second-order valence-corrected chi connectivity index (χ2v) is 12.8. The maximum atomic E-state index is 9.76. The number of rotatable bonds is 5. The zero-order valence-corrected chi connectivity index (χ0v) is 27.7. The van der Waals surface area contributed by atoms with E-state index < -0.39 is 0 Å². The van der Waals surface area contributed by atoms with E-state index in [1.165, 1.54) is 0 Å². The van der Waals surface area contributed by atoms with Crippen LogP contribution >= 0.6 is 0 Å². The zero-order chi connectivity index (χ0) is 34.6. The van der Waals surface area contributed by atoms with Crippen LogP contribution in [0.15, 0.2) is 168 Å². The van der Waals surface area contributed by atoms with Gasteiger partial charge in [0.2, 0.25) is 0 Å². The molecule has 0 spiro atoms. The molecule has 3 aromatic heterocycles. The minimum atomic E-state index is 0.617. The van der Waals surface area contributed by atoms with Gasteiger partial charge in [-0.05, 0) is 71.8 Å². The van der Waals surface area contributed by atoms with E-state index in [0.717, 1.165) is 77.2 Å². The van der Waals surface area contributed by atoms with E-state index in [2.05, 4.69) is 71.3 Å². The van der Waals surface area contributed by atoms with Crippen molar-refractivity contribution in [1.82, 2.24) is 19.5 Å². The van der Waals surface area contributed by atoms with Crippen LogP contribution in [-0.2, 0) is 0 Å². The standard InChI is InChI=1S/C46H27N5O/c47-28-33-15-7-8-16-35(33)31-20-23-42-38(25-31)39-27-34(21-24-43(39)52-42)51-40-18-10-9-17-36(40)37-26-32(19-22-41(37)51)46-49-44(29-11-3-1-4-12-29)48-45(50-46)30-13-5-2-6-14-30/h1-27H. The van der Waals surface area contributed by atoms with Crippen LogP contribution in [-0.4, -0.2) is 19.5 Å². The number of hydrogen-bond donors (Lipinski definition) is 0. The van der Waals surface area contributed by atoms with Crippen molar-refractivity contribution in [3.8, 4) is 57.0 Å². The second kappa shape index (κ2) is 11.9. The van der Waals surface area contributed by atoms with Crippen molar-refractivity contribution in [2.75, 3.05) is 0 Å². The molecule has 0 atom stereocenters. The van der Waals surface area contributed by atoms with Crippen LogP contribution < -0.4 is 0 Å². The first kappa shape index (κ1) is 29.5. The first-order valence-corrected chi connectivity index (χ1v) is 17.1. The molecule has 6 nitrogen and oxygen atoms in total. The molecule has 0 N–H and O–H groups in total. The van der Waals surface area contributed by atoms with E-state index in [0.29, 0.717) is 23.0 Å². The molecule has 0 amide bonds. The van der Waals surface area contributed by atoms with E-state index in [4.69, 9.17) is 19.4 Å². The van der Waals surface area contributed by atoms with Crippen molar-refractivity contribution >= 4 is 43.7 Å². The highest BCUT2D eigenvalue weighted by Gasteiger charge is 2.18. The molecule has 6 heteroatoms. The van der Waals surface area contributed by atoms with Crippen molar-refractivity contribution in [3.05, 3.63) is 169 Å². The van der Waals surface area contributed by atoms with Crippen molar-refractivity contribution in [2.24, 2.45) is 0 Å². The molecule has 0 saturated carbocycles. The van der Waals surface area contributed by atoms with E-state index in [1.54, 1.807) is 0 Å². The second-order valence-electron chi connectivity index (χ2n) is 12.8. The number of hydrogen-bond acceptors (Lipinski definition) is 5. The summed E-state index contributed by atoms with van der Waals surface area (Å²) in [6, 6.07) is 57.5. The Morgan fingerprint density at radius 3 is 1.73 bits per heavy atom. The van der Waals surface area contributed by atoms with Crippen LogP contribution in [0.25, 0.3) is 94.7 Å². The summed E-state index contributed by atoms with van der Waals surface area (Å²) in [6.07, 6.45) is 0. The summed E-state index contributed by atoms with van der Waals surface area (Å²) < 4.78 is 8.61. The Hall–Kier alpha value is -7.36. The minimum Gasteiger partial charge on any atom is -0.456 e. The fourth-order valence-electron chi connectivity index (χ4n) is 7.23. The first-order chi connectivity index (χ1) is 25.7. The Kier molecular flexibility index (Phi) is 6.76. The average molecular weight is 666 g/mol. The highest BCUT2D eigenvalue weighted by atomic mass is 16.3. The molecule has 10 rings (SSSR count). The Morgan fingerprint density at radius 1 is 0.442 bits per heavy atom. The summed E-state index contributed by atoms with van der Waals surface area (Å²) in [5, 5.41) is 14.0. The molecule has 0 saturated heterocycles. The van der Waals surface area contributed by atoms with Crippen LogP contribution in [0.2, 0.25) is 0 Å². The molecule has 0 bridgehead atoms. The zero-order valence-electron chi connectivity index (χ0n) is 27.7. The number of nitriles is 1. The van der Waals surface area contributed by atoms with Gasteiger partial charge in [-0.15, -0.1) is 0 Å². The molecular formula is C46H27N5O. The molecule has 0 aliphatic heterocycles. The lowest BCUT2D eigenvalue weighted by Gasteiger charge is -2.10. The first-order valence-electron chi connectivity index (χ1n) is 17.1. The topological polar surface area (TPSA) is 80.5 Å². The van der Waals surface area contributed by atoms with Crippen molar-refractivity contribution in [2.45, 2.75) is 0 Å². The lowest BCUT2D eigenvalue weighted by molar-refractivity contribution is 0.669. The fourth-order valence-corrected chi connectivity index (χ4v) is 7.23. The molecule has 7 aromatic carbocycles. The van der Waals surface area contributed by atoms with Gasteiger partial charge in [0.1, 0.15) is 11.2 Å². The van der Waals surface area contributed by atoms with E-state index in [1.807, 2.05) is 103 Å². The summed E-state index contributed by atoms with van der Waals surface area (Å²) in [6.45, 7) is 0. The van der Waals surface area contributed by atoms with Gasteiger partial charge in [-0.3, -0.25) is 0 Å². The lowest BCUT2D eigenvalue weighted by Crippen LogP contribution is -2.00. The minimum absolute atomic E-state index is 0.617. The summed E-state index contributed by atoms with van der Waals surface area (Å²) in [5.41, 5.74) is 10.1. The molecule has 0 radical (unpaired) electrons. The van der Waals surface area contributed by atoms with Crippen molar-refractivity contribution in [3.63, 3.8) is 0 Å². The van der Waals surface area contributed by atoms with Crippen LogP contribution in [0.1, 0.15) is 5.56 Å². The summed E-state index contributed by atoms with van der Waals surface area (Å²) >= 11 is 0. The van der Waals surface area contributed by atoms with Gasteiger partial charge < -0.3 is 8.98 Å². The normalized spacial score (nSPS) is 11.4. The summed E-state index contributed by atoms with van der Waals surface area (Å²) in [7, 11) is 0. The fraction of sp³-hybridized carbons (Fsp3) is 0. The molecule has 10 aromatic rings. The molecule has 0 unspecified atom stereocenters. The van der Waals surface area contributed by atoms with Crippen molar-refractivity contribution in [1.29, 1.82) is 5.26 Å². The third-order valence-corrected chi connectivity index (χ3v) is 9.70. The third-order valence-electron chi connectivity index (χ3n) is 9.70. The third kappa shape index (κ3) is 4.84. The Labute approximate surface area is 298 Å². The van der Waals surface area contributed by atoms with Crippen LogP contribution in [0.5, 0.6) is 0 Å². The largest absolute Gasteiger partial charge is 0.456 e. The molecule has 0 aliphatic rings. The van der Waals surface area contributed by atoms with Crippen molar-refractivity contribution < 1.29 is 4.42 Å². The summed E-state index contributed by atoms with van der Waals surface area (Å²) in [4.78, 5) is 14.9. The monoisotopic (exact) mass is 665 g/mol. The highest BCUT2D eigenvalue weighted by Crippen LogP contribution is 2.38. The van der Waals surface area contributed by atoms with E-state index in [-0.39, 0.29) is 0 Å². The van der Waals surface area contributed by atoms with Gasteiger partial charge in [0.05, 0.1) is 22.7 Å². The predicted octanol–water partition coefficient (Wildman–Crippen LogP) is 11.4. The Bertz CT molecular complexity index is 2970. The van der Waals surface area contributed by atoms with Crippen LogP contribution in [0, 0.1) is 11.3 Å². The number of fused-ring (bicyclic) bond motifs is 6. The molecule has 0 aliphatic carbocycles. The van der Waals surface area contributed by atoms with Gasteiger partial charge in [-0.25, -0.2) is 15.0 Å². The molecular weight excluding hydrogens is 639 g/mol. The Morgan fingerprint density at radius 2 is 1.00 bits per heavy atom. The van der Waals surface area contributed by atoms with Gasteiger partial charge in [-0.2, -0.15) is 5.26 Å². The van der Waals surface area contributed by atoms with Gasteiger partial charge >= 0.3 is 0 Å². The number of para-hydroxylation sites is 1. The van der Waals surface area contributed by atoms with Crippen LogP contribution in [0.4, 0.5) is 0 Å². The number of benzene rings is 7. The molecule has 3 heterocycles. The van der Waals surface area contributed by atoms with Gasteiger partial charge in [-0.1, -0.05) is 103 Å². The maximum absolute atomic E-state index is 9.76. The SMILES string of the molecule is N#Cc1ccccc1-c1ccc2oc3ccc(-n4c5ccccc5c5cc(-c6nc(-c7ccccc7)nc(-c7ccccc7)n6)ccc54)cc3c2c1. The number of nitrogens with zero attached hydrogens (tertiary/aromatic N) is 5. The maximum Gasteiger partial charge on any atom is 0.164 e. The molecule has 242 valence electrons. The van der Waals surface area contributed by atoms with Crippen LogP contribution in [0.3, 0.4) is 0 Å². The van der Waals surface area contributed by atoms with Gasteiger partial charge in [0, 0.05) is 43.9 Å².